The summed E-state index contributed by atoms with van der Waals surface area (Å²) >= 11 is 0. The van der Waals surface area contributed by atoms with Crippen LogP contribution in [-0.4, -0.2) is 50.9 Å². The molecule has 0 spiro atoms. The van der Waals surface area contributed by atoms with Crippen molar-refractivity contribution in [2.45, 2.75) is 46.6 Å². The molecule has 8 heteroatoms. The summed E-state index contributed by atoms with van der Waals surface area (Å²) in [5.74, 6) is 1.74. The summed E-state index contributed by atoms with van der Waals surface area (Å²) in [6, 6.07) is 5.94. The van der Waals surface area contributed by atoms with Gasteiger partial charge in [0.1, 0.15) is 12.1 Å². The van der Waals surface area contributed by atoms with Gasteiger partial charge in [0.25, 0.3) is 0 Å². The summed E-state index contributed by atoms with van der Waals surface area (Å²) in [6.45, 7) is 11.3. The van der Waals surface area contributed by atoms with Crippen LogP contribution in [0.3, 0.4) is 0 Å². The standard InChI is InChI=1S/C20H33N3O4.HI/c1-7-25-16-10-9-15(13-17(16)26-8-2)11-12-22-19(21-6)23-14-18(24)27-20(3,4)5;/h9-10,13H,7-8,11-12,14H2,1-6H3,(H2,21,22,23);1H. The van der Waals surface area contributed by atoms with Crippen molar-refractivity contribution in [1.82, 2.24) is 10.6 Å². The molecule has 0 radical (unpaired) electrons. The van der Waals surface area contributed by atoms with Crippen LogP contribution in [0.15, 0.2) is 23.2 Å². The smallest absolute Gasteiger partial charge is 0.325 e. The molecule has 1 aromatic rings. The van der Waals surface area contributed by atoms with E-state index in [9.17, 15) is 4.79 Å². The van der Waals surface area contributed by atoms with E-state index in [0.717, 1.165) is 23.5 Å². The molecule has 0 heterocycles. The SMILES string of the molecule is CCOc1ccc(CCNC(=NC)NCC(=O)OC(C)(C)C)cc1OCC.I. The summed E-state index contributed by atoms with van der Waals surface area (Å²) in [5, 5.41) is 6.14. The summed E-state index contributed by atoms with van der Waals surface area (Å²) < 4.78 is 16.5. The fourth-order valence-electron chi connectivity index (χ4n) is 2.33. The molecule has 0 saturated heterocycles. The Hall–Kier alpha value is -1.71. The minimum absolute atomic E-state index is 0. The van der Waals surface area contributed by atoms with Gasteiger partial charge < -0.3 is 24.8 Å². The molecule has 0 aliphatic heterocycles. The highest BCUT2D eigenvalue weighted by atomic mass is 127. The van der Waals surface area contributed by atoms with Crippen LogP contribution in [0.1, 0.15) is 40.2 Å². The van der Waals surface area contributed by atoms with E-state index in [4.69, 9.17) is 14.2 Å². The van der Waals surface area contributed by atoms with Crippen LogP contribution in [0.25, 0.3) is 0 Å². The number of benzene rings is 1. The summed E-state index contributed by atoms with van der Waals surface area (Å²) in [5.41, 5.74) is 0.624. The third-order valence-corrected chi connectivity index (χ3v) is 3.36. The summed E-state index contributed by atoms with van der Waals surface area (Å²) in [7, 11) is 1.66. The second kappa shape index (κ2) is 13.5. The van der Waals surface area contributed by atoms with Crippen molar-refractivity contribution in [2.75, 3.05) is 33.4 Å². The normalized spacial score (nSPS) is 11.3. The number of hydrogen-bond acceptors (Lipinski definition) is 5. The van der Waals surface area contributed by atoms with Crippen molar-refractivity contribution in [1.29, 1.82) is 0 Å². The van der Waals surface area contributed by atoms with Crippen LogP contribution < -0.4 is 20.1 Å². The van der Waals surface area contributed by atoms with Crippen molar-refractivity contribution < 1.29 is 19.0 Å². The number of aliphatic imine (C=N–C) groups is 1. The summed E-state index contributed by atoms with van der Waals surface area (Å²) in [6.07, 6.45) is 0.777. The van der Waals surface area contributed by atoms with Crippen molar-refractivity contribution in [3.8, 4) is 11.5 Å². The van der Waals surface area contributed by atoms with Gasteiger partial charge in [-0.25, -0.2) is 0 Å². The molecule has 0 aromatic heterocycles. The number of nitrogens with zero attached hydrogens (tertiary/aromatic N) is 1. The van der Waals surface area contributed by atoms with Crippen molar-refractivity contribution >= 4 is 35.9 Å². The lowest BCUT2D eigenvalue weighted by atomic mass is 10.1. The van der Waals surface area contributed by atoms with E-state index in [-0.39, 0.29) is 36.5 Å². The zero-order valence-corrected chi connectivity index (χ0v) is 20.1. The monoisotopic (exact) mass is 507 g/mol. The van der Waals surface area contributed by atoms with Crippen molar-refractivity contribution in [3.05, 3.63) is 23.8 Å². The van der Waals surface area contributed by atoms with Crippen LogP contribution in [-0.2, 0) is 16.0 Å². The number of carbonyl (C=O) groups is 1. The van der Waals surface area contributed by atoms with Gasteiger partial charge in [-0.3, -0.25) is 9.79 Å². The molecule has 28 heavy (non-hydrogen) atoms. The Morgan fingerprint density at radius 3 is 2.29 bits per heavy atom. The van der Waals surface area contributed by atoms with Gasteiger partial charge in [-0.2, -0.15) is 0 Å². The number of carbonyl (C=O) groups excluding carboxylic acids is 1. The highest BCUT2D eigenvalue weighted by Gasteiger charge is 2.16. The minimum atomic E-state index is -0.498. The van der Waals surface area contributed by atoms with E-state index in [1.807, 2.05) is 52.8 Å². The van der Waals surface area contributed by atoms with Crippen LogP contribution >= 0.6 is 24.0 Å². The second-order valence-electron chi connectivity index (χ2n) is 6.84. The Bertz CT molecular complexity index is 630. The zero-order valence-electron chi connectivity index (χ0n) is 17.8. The number of esters is 1. The Balaban J connectivity index is 0.00000729. The number of hydrogen-bond donors (Lipinski definition) is 2. The average molecular weight is 507 g/mol. The molecule has 0 unspecified atom stereocenters. The molecular weight excluding hydrogens is 473 g/mol. The fraction of sp³-hybridized carbons (Fsp3) is 0.600. The highest BCUT2D eigenvalue weighted by molar-refractivity contribution is 14.0. The van der Waals surface area contributed by atoms with Crippen LogP contribution in [0, 0.1) is 0 Å². The quantitative estimate of drug-likeness (QED) is 0.232. The van der Waals surface area contributed by atoms with Gasteiger partial charge in [-0.1, -0.05) is 6.07 Å². The lowest BCUT2D eigenvalue weighted by Crippen LogP contribution is -2.42. The topological polar surface area (TPSA) is 81.2 Å². The van der Waals surface area contributed by atoms with Gasteiger partial charge in [0.2, 0.25) is 0 Å². The number of rotatable bonds is 9. The highest BCUT2D eigenvalue weighted by Crippen LogP contribution is 2.28. The second-order valence-corrected chi connectivity index (χ2v) is 6.84. The maximum absolute atomic E-state index is 11.8. The first kappa shape index (κ1) is 26.3. The van der Waals surface area contributed by atoms with Crippen molar-refractivity contribution in [2.24, 2.45) is 4.99 Å². The Morgan fingerprint density at radius 2 is 1.71 bits per heavy atom. The number of guanidine groups is 1. The Labute approximate surface area is 185 Å². The van der Waals surface area contributed by atoms with Crippen LogP contribution in [0.4, 0.5) is 0 Å². The maximum Gasteiger partial charge on any atom is 0.325 e. The fourth-order valence-corrected chi connectivity index (χ4v) is 2.33. The molecule has 0 amide bonds. The first-order chi connectivity index (χ1) is 12.8. The van der Waals surface area contributed by atoms with Crippen LogP contribution in [0.2, 0.25) is 0 Å². The van der Waals surface area contributed by atoms with E-state index in [0.29, 0.717) is 25.7 Å². The number of ether oxygens (including phenoxy) is 3. The third-order valence-electron chi connectivity index (χ3n) is 3.36. The third kappa shape index (κ3) is 10.6. The molecule has 0 atom stereocenters. The molecule has 0 fully saturated rings. The predicted octanol–water partition coefficient (Wildman–Crippen LogP) is 3.15. The molecule has 7 nitrogen and oxygen atoms in total. The lowest BCUT2D eigenvalue weighted by molar-refractivity contribution is -0.153. The molecule has 160 valence electrons. The largest absolute Gasteiger partial charge is 0.490 e. The minimum Gasteiger partial charge on any atom is -0.490 e. The average Bonchev–Trinajstić information content (AvgIpc) is 2.59. The van der Waals surface area contributed by atoms with Gasteiger partial charge >= 0.3 is 5.97 Å². The molecule has 2 N–H and O–H groups in total. The molecule has 1 rings (SSSR count). The van der Waals surface area contributed by atoms with Gasteiger partial charge in [0.15, 0.2) is 17.5 Å². The van der Waals surface area contributed by atoms with E-state index in [2.05, 4.69) is 15.6 Å². The van der Waals surface area contributed by atoms with Crippen molar-refractivity contribution in [3.63, 3.8) is 0 Å². The molecular formula is C20H34IN3O4. The van der Waals surface area contributed by atoms with Gasteiger partial charge in [0, 0.05) is 13.6 Å². The Morgan fingerprint density at radius 1 is 1.07 bits per heavy atom. The van der Waals surface area contributed by atoms with Gasteiger partial charge in [-0.05, 0) is 58.7 Å². The Kier molecular flexibility index (Phi) is 12.6. The van der Waals surface area contributed by atoms with E-state index in [1.54, 1.807) is 7.05 Å². The summed E-state index contributed by atoms with van der Waals surface area (Å²) in [4.78, 5) is 15.9. The maximum atomic E-state index is 11.8. The van der Waals surface area contributed by atoms with E-state index in [1.165, 1.54) is 0 Å². The molecule has 1 aromatic carbocycles. The predicted molar refractivity (Wildman–Crippen MR) is 123 cm³/mol. The zero-order chi connectivity index (χ0) is 20.3. The molecule has 0 saturated carbocycles. The number of nitrogens with one attached hydrogen (secondary N) is 2. The van der Waals surface area contributed by atoms with E-state index < -0.39 is 5.60 Å². The molecule has 0 bridgehead atoms. The van der Waals surface area contributed by atoms with Gasteiger partial charge in [-0.15, -0.1) is 24.0 Å². The lowest BCUT2D eigenvalue weighted by Gasteiger charge is -2.20. The van der Waals surface area contributed by atoms with Crippen LogP contribution in [0.5, 0.6) is 11.5 Å². The first-order valence-corrected chi connectivity index (χ1v) is 9.34. The van der Waals surface area contributed by atoms with Gasteiger partial charge in [0.05, 0.1) is 13.2 Å². The molecule has 0 aliphatic carbocycles. The molecule has 0 aliphatic rings. The first-order valence-electron chi connectivity index (χ1n) is 9.34. The van der Waals surface area contributed by atoms with E-state index >= 15 is 0 Å². The number of halogens is 1.